The first-order valence-electron chi connectivity index (χ1n) is 13.5. The molecule has 38 heavy (non-hydrogen) atoms. The van der Waals surface area contributed by atoms with Gasteiger partial charge in [0, 0.05) is 39.6 Å². The van der Waals surface area contributed by atoms with Crippen LogP contribution in [0.3, 0.4) is 0 Å². The second-order valence-electron chi connectivity index (χ2n) is 10.6. The van der Waals surface area contributed by atoms with Crippen molar-refractivity contribution >= 4 is 34.8 Å². The maximum absolute atomic E-state index is 15.6. The zero-order valence-electron chi connectivity index (χ0n) is 21.8. The fraction of sp³-hybridized carbons (Fsp3) is 0.615. The average molecular weight is 531 g/mol. The summed E-state index contributed by atoms with van der Waals surface area (Å²) in [7, 11) is 0. The van der Waals surface area contributed by atoms with Crippen LogP contribution in [0.5, 0.6) is 0 Å². The van der Waals surface area contributed by atoms with Gasteiger partial charge in [0.2, 0.25) is 5.91 Å². The number of pyridine rings is 1. The number of rotatable bonds is 3. The van der Waals surface area contributed by atoms with Gasteiger partial charge >= 0.3 is 0 Å². The number of carbonyl (C=O) groups excluding carboxylic acids is 2. The van der Waals surface area contributed by atoms with Crippen molar-refractivity contribution in [2.24, 2.45) is 0 Å². The van der Waals surface area contributed by atoms with E-state index < -0.39 is 23.4 Å². The molecule has 0 aromatic carbocycles. The number of amides is 2. The Morgan fingerprint density at radius 1 is 1.08 bits per heavy atom. The summed E-state index contributed by atoms with van der Waals surface area (Å²) >= 11 is 0. The Labute approximate surface area is 220 Å². The molecule has 5 rings (SSSR count). The van der Waals surface area contributed by atoms with Crippen LogP contribution in [0.2, 0.25) is 0 Å². The van der Waals surface area contributed by atoms with E-state index in [1.807, 2.05) is 0 Å². The molecule has 1 aliphatic carbocycles. The first kappa shape index (κ1) is 26.2. The lowest BCUT2D eigenvalue weighted by Gasteiger charge is -2.42. The van der Waals surface area contributed by atoms with Crippen LogP contribution in [0.4, 0.5) is 31.8 Å². The van der Waals surface area contributed by atoms with Crippen LogP contribution < -0.4 is 21.3 Å². The molecule has 206 valence electrons. The highest BCUT2D eigenvalue weighted by Crippen LogP contribution is 2.44. The van der Waals surface area contributed by atoms with Crippen molar-refractivity contribution < 1.29 is 18.4 Å². The number of hydrogen-bond donors (Lipinski definition) is 3. The van der Waals surface area contributed by atoms with Gasteiger partial charge in [0.15, 0.2) is 11.6 Å². The number of piperazine rings is 1. The third kappa shape index (κ3) is 4.76. The minimum absolute atomic E-state index is 0.000619. The van der Waals surface area contributed by atoms with Crippen LogP contribution in [0, 0.1) is 5.82 Å². The van der Waals surface area contributed by atoms with Crippen LogP contribution in [-0.2, 0) is 10.3 Å². The highest BCUT2D eigenvalue weighted by Gasteiger charge is 2.47. The summed E-state index contributed by atoms with van der Waals surface area (Å²) < 4.78 is 32.2. The van der Waals surface area contributed by atoms with Gasteiger partial charge in [0.1, 0.15) is 23.2 Å². The van der Waals surface area contributed by atoms with E-state index in [4.69, 9.17) is 5.73 Å². The number of anilines is 4. The summed E-state index contributed by atoms with van der Waals surface area (Å²) in [5.41, 5.74) is 5.95. The zero-order valence-corrected chi connectivity index (χ0v) is 21.8. The molecular weight excluding hydrogens is 494 g/mol. The summed E-state index contributed by atoms with van der Waals surface area (Å²) in [6.45, 7) is 3.30. The average Bonchev–Trinajstić information content (AvgIpc) is 3.29. The Kier molecular flexibility index (Phi) is 7.40. The maximum Gasteiger partial charge on any atom is 0.263 e. The van der Waals surface area contributed by atoms with E-state index in [0.29, 0.717) is 44.8 Å². The maximum atomic E-state index is 15.6. The lowest BCUT2D eigenvalue weighted by molar-refractivity contribution is -0.129. The standard InChI is InChI=1S/C26H36F2N8O2/c1-17(37)34-10-12-35(13-11-34)22-18(27)14-30-15-19(22)32-25(38)21-23(29)33-36-24(21)31-16-20(28)26(36)8-6-4-2-3-5-7-9-26/h14-15,20,31H,2-13,16H2,1H3,(H2,29,33)(H,32,38). The second-order valence-corrected chi connectivity index (χ2v) is 10.6. The molecule has 4 heterocycles. The van der Waals surface area contributed by atoms with E-state index in [1.54, 1.807) is 14.5 Å². The van der Waals surface area contributed by atoms with Crippen molar-refractivity contribution in [3.05, 3.63) is 23.8 Å². The molecule has 10 nitrogen and oxygen atoms in total. The fourth-order valence-electron chi connectivity index (χ4n) is 6.14. The number of hydrogen-bond acceptors (Lipinski definition) is 7. The molecule has 0 bridgehead atoms. The molecule has 12 heteroatoms. The molecular formula is C26H36F2N8O2. The first-order valence-corrected chi connectivity index (χ1v) is 13.5. The Morgan fingerprint density at radius 2 is 1.74 bits per heavy atom. The SMILES string of the molecule is CC(=O)N1CCN(c2c(F)cncc2NC(=O)c2c(N)nn3c2NCC(F)C32CCCCCCCC2)CC1. The number of halogens is 2. The van der Waals surface area contributed by atoms with Crippen LogP contribution in [0.15, 0.2) is 12.4 Å². The molecule has 2 amide bonds. The monoisotopic (exact) mass is 530 g/mol. The lowest BCUT2D eigenvalue weighted by Crippen LogP contribution is -2.51. The Balaban J connectivity index is 1.44. The van der Waals surface area contributed by atoms with E-state index >= 15 is 4.39 Å². The summed E-state index contributed by atoms with van der Waals surface area (Å²) in [5.74, 6) is -0.779. The number of fused-ring (bicyclic) bond motifs is 2. The molecule has 2 aliphatic heterocycles. The van der Waals surface area contributed by atoms with Crippen LogP contribution >= 0.6 is 0 Å². The van der Waals surface area contributed by atoms with Gasteiger partial charge in [0.25, 0.3) is 5.91 Å². The number of nitrogens with zero attached hydrogens (tertiary/aromatic N) is 5. The number of carbonyl (C=O) groups is 2. The van der Waals surface area contributed by atoms with Crippen molar-refractivity contribution in [3.8, 4) is 0 Å². The molecule has 2 fully saturated rings. The molecule has 2 aromatic rings. The fourth-order valence-corrected chi connectivity index (χ4v) is 6.14. The van der Waals surface area contributed by atoms with Gasteiger partial charge in [-0.2, -0.15) is 5.10 Å². The van der Waals surface area contributed by atoms with Gasteiger partial charge in [-0.3, -0.25) is 14.6 Å². The van der Waals surface area contributed by atoms with Crippen LogP contribution in [0.25, 0.3) is 0 Å². The molecule has 1 atom stereocenters. The van der Waals surface area contributed by atoms with E-state index in [-0.39, 0.29) is 35.2 Å². The predicted molar refractivity (Wildman–Crippen MR) is 142 cm³/mol. The number of nitrogen functional groups attached to an aromatic ring is 1. The van der Waals surface area contributed by atoms with Crippen LogP contribution in [-0.4, -0.2) is 70.4 Å². The van der Waals surface area contributed by atoms with E-state index in [1.165, 1.54) is 13.1 Å². The van der Waals surface area contributed by atoms with E-state index in [0.717, 1.165) is 44.7 Å². The third-order valence-corrected chi connectivity index (χ3v) is 8.22. The number of nitrogens with one attached hydrogen (secondary N) is 2. The molecule has 1 unspecified atom stereocenters. The number of alkyl halides is 1. The van der Waals surface area contributed by atoms with Gasteiger partial charge in [0.05, 0.1) is 23.6 Å². The number of nitrogens with two attached hydrogens (primary N) is 1. The van der Waals surface area contributed by atoms with Crippen molar-refractivity contribution in [1.29, 1.82) is 0 Å². The molecule has 1 spiro atoms. The molecule has 3 aliphatic rings. The first-order chi connectivity index (χ1) is 18.3. The van der Waals surface area contributed by atoms with Gasteiger partial charge in [-0.05, 0) is 12.8 Å². The zero-order chi connectivity index (χ0) is 26.9. The van der Waals surface area contributed by atoms with Gasteiger partial charge in [-0.25, -0.2) is 13.5 Å². The Morgan fingerprint density at radius 3 is 2.39 bits per heavy atom. The van der Waals surface area contributed by atoms with Crippen LogP contribution in [0.1, 0.15) is 68.6 Å². The summed E-state index contributed by atoms with van der Waals surface area (Å²) in [5, 5.41) is 10.3. The highest BCUT2D eigenvalue weighted by atomic mass is 19.1. The Hall–Kier alpha value is -3.44. The van der Waals surface area contributed by atoms with E-state index in [2.05, 4.69) is 20.7 Å². The minimum Gasteiger partial charge on any atom is -0.381 e. The third-order valence-electron chi connectivity index (χ3n) is 8.22. The normalized spacial score (nSPS) is 21.6. The van der Waals surface area contributed by atoms with E-state index in [9.17, 15) is 14.0 Å². The minimum atomic E-state index is -1.16. The van der Waals surface area contributed by atoms with Gasteiger partial charge < -0.3 is 26.2 Å². The summed E-state index contributed by atoms with van der Waals surface area (Å²) in [6, 6.07) is 0. The van der Waals surface area contributed by atoms with Gasteiger partial charge in [-0.15, -0.1) is 0 Å². The van der Waals surface area contributed by atoms with Crippen molar-refractivity contribution in [2.75, 3.05) is 54.0 Å². The largest absolute Gasteiger partial charge is 0.381 e. The molecule has 0 radical (unpaired) electrons. The summed E-state index contributed by atoms with van der Waals surface area (Å²) in [6.07, 6.45) is 8.73. The highest BCUT2D eigenvalue weighted by molar-refractivity contribution is 6.12. The second kappa shape index (κ2) is 10.7. The molecule has 4 N–H and O–H groups in total. The van der Waals surface area contributed by atoms with Crippen molar-refractivity contribution in [3.63, 3.8) is 0 Å². The van der Waals surface area contributed by atoms with Crippen molar-refractivity contribution in [1.82, 2.24) is 19.7 Å². The molecule has 2 aromatic heterocycles. The Bertz CT molecular complexity index is 1180. The topological polar surface area (TPSA) is 121 Å². The lowest BCUT2D eigenvalue weighted by atomic mass is 9.82. The van der Waals surface area contributed by atoms with Crippen molar-refractivity contribution in [2.45, 2.75) is 70.0 Å². The smallest absolute Gasteiger partial charge is 0.263 e. The quantitative estimate of drug-likeness (QED) is 0.555. The molecule has 1 saturated carbocycles. The van der Waals surface area contributed by atoms with Gasteiger partial charge in [-0.1, -0.05) is 38.5 Å². The molecule has 1 saturated heterocycles. The number of aromatic nitrogens is 3. The predicted octanol–water partition coefficient (Wildman–Crippen LogP) is 3.51. The summed E-state index contributed by atoms with van der Waals surface area (Å²) in [4.78, 5) is 32.7.